The Morgan fingerprint density at radius 2 is 1.94 bits per heavy atom. The molecule has 94 valence electrons. The smallest absolute Gasteiger partial charge is 0.224 e. The Morgan fingerprint density at radius 1 is 1.35 bits per heavy atom. The first-order valence-corrected chi connectivity index (χ1v) is 5.97. The van der Waals surface area contributed by atoms with E-state index >= 15 is 0 Å². The van der Waals surface area contributed by atoms with Gasteiger partial charge in [-0.3, -0.25) is 9.78 Å². The Kier molecular flexibility index (Phi) is 5.10. The van der Waals surface area contributed by atoms with Crippen molar-refractivity contribution in [2.45, 2.75) is 38.7 Å². The van der Waals surface area contributed by atoms with E-state index in [0.29, 0.717) is 25.8 Å². The summed E-state index contributed by atoms with van der Waals surface area (Å²) < 4.78 is 0. The highest BCUT2D eigenvalue weighted by Crippen LogP contribution is 2.12. The molecule has 1 rings (SSSR count). The monoisotopic (exact) mass is 236 g/mol. The highest BCUT2D eigenvalue weighted by atomic mass is 16.3. The third-order valence-corrected chi connectivity index (χ3v) is 3.04. The van der Waals surface area contributed by atoms with Gasteiger partial charge < -0.3 is 10.4 Å². The summed E-state index contributed by atoms with van der Waals surface area (Å²) >= 11 is 0. The second kappa shape index (κ2) is 6.35. The SMILES string of the molecule is CCC(O)(CC)CNC(=O)Cc1ccncc1. The van der Waals surface area contributed by atoms with Crippen LogP contribution in [0.25, 0.3) is 0 Å². The molecular formula is C13H20N2O2. The van der Waals surface area contributed by atoms with E-state index in [2.05, 4.69) is 10.3 Å². The lowest BCUT2D eigenvalue weighted by Gasteiger charge is -2.25. The van der Waals surface area contributed by atoms with Crippen LogP contribution < -0.4 is 5.32 Å². The molecule has 0 radical (unpaired) electrons. The van der Waals surface area contributed by atoms with Crippen LogP contribution in [0.15, 0.2) is 24.5 Å². The van der Waals surface area contributed by atoms with E-state index in [4.69, 9.17) is 0 Å². The molecule has 0 aliphatic rings. The summed E-state index contributed by atoms with van der Waals surface area (Å²) in [6, 6.07) is 3.62. The Bertz CT molecular complexity index is 348. The Morgan fingerprint density at radius 3 is 2.47 bits per heavy atom. The molecule has 0 aliphatic carbocycles. The molecule has 1 aromatic heterocycles. The number of carbonyl (C=O) groups excluding carboxylic acids is 1. The van der Waals surface area contributed by atoms with E-state index in [-0.39, 0.29) is 5.91 Å². The molecule has 0 saturated heterocycles. The summed E-state index contributed by atoms with van der Waals surface area (Å²) in [5, 5.41) is 12.8. The number of nitrogens with one attached hydrogen (secondary N) is 1. The third kappa shape index (κ3) is 4.53. The molecular weight excluding hydrogens is 216 g/mol. The van der Waals surface area contributed by atoms with Gasteiger partial charge in [-0.2, -0.15) is 0 Å². The number of hydrogen-bond donors (Lipinski definition) is 2. The molecule has 0 saturated carbocycles. The van der Waals surface area contributed by atoms with Gasteiger partial charge >= 0.3 is 0 Å². The molecule has 0 bridgehead atoms. The van der Waals surface area contributed by atoms with Crippen LogP contribution in [0.4, 0.5) is 0 Å². The maximum absolute atomic E-state index is 11.6. The average molecular weight is 236 g/mol. The number of hydrogen-bond acceptors (Lipinski definition) is 3. The Balaban J connectivity index is 2.41. The predicted octanol–water partition coefficient (Wildman–Crippen LogP) is 1.29. The summed E-state index contributed by atoms with van der Waals surface area (Å²) in [6.07, 6.45) is 4.93. The highest BCUT2D eigenvalue weighted by molar-refractivity contribution is 5.78. The third-order valence-electron chi connectivity index (χ3n) is 3.04. The number of rotatable bonds is 6. The normalized spacial score (nSPS) is 11.2. The van der Waals surface area contributed by atoms with Crippen molar-refractivity contribution in [1.29, 1.82) is 0 Å². The van der Waals surface area contributed by atoms with Crippen LogP contribution >= 0.6 is 0 Å². The van der Waals surface area contributed by atoms with E-state index in [9.17, 15) is 9.90 Å². The van der Waals surface area contributed by atoms with Crippen molar-refractivity contribution < 1.29 is 9.90 Å². The second-order valence-electron chi connectivity index (χ2n) is 4.24. The Hall–Kier alpha value is -1.42. The van der Waals surface area contributed by atoms with Crippen LogP contribution in [-0.4, -0.2) is 28.1 Å². The van der Waals surface area contributed by atoms with Crippen LogP contribution in [0, 0.1) is 0 Å². The first kappa shape index (κ1) is 13.6. The maximum atomic E-state index is 11.6. The van der Waals surface area contributed by atoms with Gasteiger partial charge in [0.15, 0.2) is 0 Å². The van der Waals surface area contributed by atoms with Gasteiger partial charge in [0.2, 0.25) is 5.91 Å². The largest absolute Gasteiger partial charge is 0.388 e. The Labute approximate surface area is 102 Å². The van der Waals surface area contributed by atoms with Gasteiger partial charge in [0.1, 0.15) is 0 Å². The van der Waals surface area contributed by atoms with E-state index in [1.165, 1.54) is 0 Å². The fourth-order valence-electron chi connectivity index (χ4n) is 1.51. The summed E-state index contributed by atoms with van der Waals surface area (Å²) in [5.41, 5.74) is 0.141. The zero-order valence-electron chi connectivity index (χ0n) is 10.4. The van der Waals surface area contributed by atoms with Crippen LogP contribution in [-0.2, 0) is 11.2 Å². The molecule has 4 heteroatoms. The minimum absolute atomic E-state index is 0.0727. The molecule has 17 heavy (non-hydrogen) atoms. The molecule has 0 atom stereocenters. The molecule has 0 spiro atoms. The number of aromatic nitrogens is 1. The van der Waals surface area contributed by atoms with Crippen molar-refractivity contribution in [3.05, 3.63) is 30.1 Å². The van der Waals surface area contributed by atoms with E-state index in [0.717, 1.165) is 5.56 Å². The van der Waals surface area contributed by atoms with Gasteiger partial charge in [0, 0.05) is 18.9 Å². The number of nitrogens with zero attached hydrogens (tertiary/aromatic N) is 1. The van der Waals surface area contributed by atoms with Gasteiger partial charge in [0.25, 0.3) is 0 Å². The minimum atomic E-state index is -0.784. The summed E-state index contributed by atoms with van der Waals surface area (Å²) in [5.74, 6) is -0.0727. The zero-order valence-corrected chi connectivity index (χ0v) is 10.4. The molecule has 1 heterocycles. The molecule has 0 unspecified atom stereocenters. The number of amides is 1. The molecule has 1 amide bonds. The first-order chi connectivity index (χ1) is 8.09. The maximum Gasteiger partial charge on any atom is 0.224 e. The summed E-state index contributed by atoms with van der Waals surface area (Å²) in [4.78, 5) is 15.5. The molecule has 2 N–H and O–H groups in total. The lowest BCUT2D eigenvalue weighted by atomic mass is 9.97. The van der Waals surface area contributed by atoms with Crippen LogP contribution in [0.5, 0.6) is 0 Å². The second-order valence-corrected chi connectivity index (χ2v) is 4.24. The van der Waals surface area contributed by atoms with E-state index in [1.54, 1.807) is 12.4 Å². The van der Waals surface area contributed by atoms with Gasteiger partial charge in [-0.15, -0.1) is 0 Å². The van der Waals surface area contributed by atoms with Crippen LogP contribution in [0.3, 0.4) is 0 Å². The van der Waals surface area contributed by atoms with Gasteiger partial charge in [0.05, 0.1) is 12.0 Å². The van der Waals surface area contributed by atoms with Gasteiger partial charge in [-0.25, -0.2) is 0 Å². The van der Waals surface area contributed by atoms with E-state index in [1.807, 2.05) is 26.0 Å². The van der Waals surface area contributed by atoms with E-state index < -0.39 is 5.60 Å². The fraction of sp³-hybridized carbons (Fsp3) is 0.538. The molecule has 0 aromatic carbocycles. The van der Waals surface area contributed by atoms with Crippen LogP contribution in [0.1, 0.15) is 32.3 Å². The number of pyridine rings is 1. The van der Waals surface area contributed by atoms with Crippen molar-refractivity contribution >= 4 is 5.91 Å². The standard InChI is InChI=1S/C13H20N2O2/c1-3-13(17,4-2)10-15-12(16)9-11-5-7-14-8-6-11/h5-8,17H,3-4,9-10H2,1-2H3,(H,15,16). The van der Waals surface area contributed by atoms with Gasteiger partial charge in [-0.05, 0) is 30.5 Å². The lowest BCUT2D eigenvalue weighted by molar-refractivity contribution is -0.121. The topological polar surface area (TPSA) is 62.2 Å². The van der Waals surface area contributed by atoms with Crippen LogP contribution in [0.2, 0.25) is 0 Å². The quantitative estimate of drug-likeness (QED) is 0.782. The molecule has 1 aromatic rings. The minimum Gasteiger partial charge on any atom is -0.388 e. The van der Waals surface area contributed by atoms with Crippen molar-refractivity contribution in [1.82, 2.24) is 10.3 Å². The summed E-state index contributed by atoms with van der Waals surface area (Å²) in [7, 11) is 0. The number of carbonyl (C=O) groups is 1. The zero-order chi connectivity index (χ0) is 12.7. The van der Waals surface area contributed by atoms with Crippen molar-refractivity contribution in [2.24, 2.45) is 0 Å². The van der Waals surface area contributed by atoms with Crippen molar-refractivity contribution in [2.75, 3.05) is 6.54 Å². The van der Waals surface area contributed by atoms with Crippen molar-refractivity contribution in [3.8, 4) is 0 Å². The van der Waals surface area contributed by atoms with Crippen molar-refractivity contribution in [3.63, 3.8) is 0 Å². The summed E-state index contributed by atoms with van der Waals surface area (Å²) in [6.45, 7) is 4.14. The molecule has 4 nitrogen and oxygen atoms in total. The predicted molar refractivity (Wildman–Crippen MR) is 66.5 cm³/mol. The molecule has 0 fully saturated rings. The number of aliphatic hydroxyl groups is 1. The lowest BCUT2D eigenvalue weighted by Crippen LogP contribution is -2.42. The average Bonchev–Trinajstić information content (AvgIpc) is 2.37. The first-order valence-electron chi connectivity index (χ1n) is 5.97. The van der Waals surface area contributed by atoms with Gasteiger partial charge in [-0.1, -0.05) is 13.8 Å². The highest BCUT2D eigenvalue weighted by Gasteiger charge is 2.22. The molecule has 0 aliphatic heterocycles. The fourth-order valence-corrected chi connectivity index (χ4v) is 1.51.